The molecule has 2 unspecified atom stereocenters. The molecule has 0 amide bonds. The number of hydrogen-bond acceptors (Lipinski definition) is 6. The smallest absolute Gasteiger partial charge is 0.153 e. The van der Waals surface area contributed by atoms with Crippen molar-refractivity contribution in [1.82, 2.24) is 20.6 Å². The van der Waals surface area contributed by atoms with Gasteiger partial charge in [0.05, 0.1) is 34.9 Å². The topological polar surface area (TPSA) is 68.3 Å². The van der Waals surface area contributed by atoms with Gasteiger partial charge in [-0.2, -0.15) is 0 Å². The Kier molecular flexibility index (Phi) is 10.4. The minimum absolute atomic E-state index is 0.0921. The van der Waals surface area contributed by atoms with Crippen LogP contribution in [0.4, 0.5) is 0 Å². The molecule has 0 bridgehead atoms. The summed E-state index contributed by atoms with van der Waals surface area (Å²) in [7, 11) is 0. The zero-order valence-corrected chi connectivity index (χ0v) is 33.2. The SMILES string of the molecule is c1ccc(C[C@@H]2NC(c3cccc(-c4cccc(C5N[C@@H](Cc6ccccc6)C(c6ccccc6)(c6ccccc6)O5)n4)n3)OC2(c2ccccc2)c2ccccc2)cc1. The van der Waals surface area contributed by atoms with Gasteiger partial charge in [-0.05, 0) is 70.5 Å². The van der Waals surface area contributed by atoms with E-state index >= 15 is 0 Å². The van der Waals surface area contributed by atoms with Gasteiger partial charge in [0.1, 0.15) is 11.2 Å². The molecular formula is C54H46N4O2. The molecule has 2 saturated heterocycles. The highest BCUT2D eigenvalue weighted by molar-refractivity contribution is 5.55. The molecule has 0 aliphatic carbocycles. The second kappa shape index (κ2) is 16.6. The summed E-state index contributed by atoms with van der Waals surface area (Å²) in [5.41, 5.74) is 8.38. The van der Waals surface area contributed by atoms with Gasteiger partial charge in [0, 0.05) is 0 Å². The highest BCUT2D eigenvalue weighted by Crippen LogP contribution is 2.48. The van der Waals surface area contributed by atoms with E-state index in [-0.39, 0.29) is 12.1 Å². The first-order valence-corrected chi connectivity index (χ1v) is 20.8. The fraction of sp³-hybridized carbons (Fsp3) is 0.148. The van der Waals surface area contributed by atoms with Gasteiger partial charge in [-0.25, -0.2) is 9.97 Å². The van der Waals surface area contributed by atoms with Crippen LogP contribution >= 0.6 is 0 Å². The largest absolute Gasteiger partial charge is 0.340 e. The van der Waals surface area contributed by atoms with Gasteiger partial charge in [-0.3, -0.25) is 10.6 Å². The Labute approximate surface area is 352 Å². The molecule has 8 aromatic rings. The van der Waals surface area contributed by atoms with Crippen molar-refractivity contribution in [3.8, 4) is 11.4 Å². The van der Waals surface area contributed by atoms with E-state index in [0.717, 1.165) is 57.9 Å². The molecule has 6 nitrogen and oxygen atoms in total. The van der Waals surface area contributed by atoms with E-state index in [4.69, 9.17) is 19.4 Å². The lowest BCUT2D eigenvalue weighted by molar-refractivity contribution is -0.0278. The van der Waals surface area contributed by atoms with Crippen LogP contribution in [0.2, 0.25) is 0 Å². The number of nitrogens with zero attached hydrogens (tertiary/aromatic N) is 2. The molecule has 0 spiro atoms. The molecule has 10 rings (SSSR count). The number of aromatic nitrogens is 2. The zero-order chi connectivity index (χ0) is 40.2. The van der Waals surface area contributed by atoms with Crippen LogP contribution in [0.15, 0.2) is 218 Å². The second-order valence-corrected chi connectivity index (χ2v) is 15.6. The van der Waals surface area contributed by atoms with Gasteiger partial charge in [0.2, 0.25) is 0 Å². The van der Waals surface area contributed by atoms with E-state index in [1.807, 2.05) is 36.4 Å². The molecule has 60 heavy (non-hydrogen) atoms. The molecule has 6 heteroatoms. The Balaban J connectivity index is 1.00. The molecule has 2 aromatic heterocycles. The van der Waals surface area contributed by atoms with Crippen LogP contribution in [-0.2, 0) is 33.5 Å². The number of pyridine rings is 2. The first kappa shape index (κ1) is 37.7. The Morgan fingerprint density at radius 3 is 0.967 bits per heavy atom. The maximum atomic E-state index is 7.33. The van der Waals surface area contributed by atoms with Gasteiger partial charge >= 0.3 is 0 Å². The molecule has 2 N–H and O–H groups in total. The van der Waals surface area contributed by atoms with Crippen molar-refractivity contribution >= 4 is 0 Å². The average Bonchev–Trinajstić information content (AvgIpc) is 3.91. The summed E-state index contributed by atoms with van der Waals surface area (Å²) in [6.07, 6.45) is 0.547. The Morgan fingerprint density at radius 2 is 0.650 bits per heavy atom. The van der Waals surface area contributed by atoms with E-state index in [1.165, 1.54) is 11.1 Å². The summed E-state index contributed by atoms with van der Waals surface area (Å²) in [5.74, 6) is 0. The third-order valence-corrected chi connectivity index (χ3v) is 12.0. The molecule has 0 saturated carbocycles. The van der Waals surface area contributed by atoms with Gasteiger partial charge in [0.25, 0.3) is 0 Å². The molecule has 0 radical (unpaired) electrons. The lowest BCUT2D eigenvalue weighted by Gasteiger charge is -2.35. The van der Waals surface area contributed by atoms with Crippen molar-refractivity contribution in [3.05, 3.63) is 263 Å². The van der Waals surface area contributed by atoms with E-state index in [9.17, 15) is 0 Å². The molecule has 2 fully saturated rings. The molecule has 4 heterocycles. The minimum atomic E-state index is -0.773. The van der Waals surface area contributed by atoms with Crippen LogP contribution < -0.4 is 10.6 Å². The van der Waals surface area contributed by atoms with Crippen LogP contribution in [0.1, 0.15) is 57.2 Å². The van der Waals surface area contributed by atoms with Crippen LogP contribution in [0.25, 0.3) is 11.4 Å². The predicted octanol–water partition coefficient (Wildman–Crippen LogP) is 10.5. The quantitative estimate of drug-likeness (QED) is 0.136. The molecular weight excluding hydrogens is 737 g/mol. The predicted molar refractivity (Wildman–Crippen MR) is 237 cm³/mol. The van der Waals surface area contributed by atoms with Gasteiger partial charge in [-0.1, -0.05) is 194 Å². The van der Waals surface area contributed by atoms with Gasteiger partial charge in [-0.15, -0.1) is 0 Å². The summed E-state index contributed by atoms with van der Waals surface area (Å²) in [5, 5.41) is 7.82. The first-order chi connectivity index (χ1) is 29.7. The average molecular weight is 783 g/mol. The lowest BCUT2D eigenvalue weighted by atomic mass is 9.78. The van der Waals surface area contributed by atoms with Crippen molar-refractivity contribution in [2.24, 2.45) is 0 Å². The zero-order valence-electron chi connectivity index (χ0n) is 33.2. The summed E-state index contributed by atoms with van der Waals surface area (Å²) in [4.78, 5) is 10.5. The molecule has 2 aliphatic heterocycles. The second-order valence-electron chi connectivity index (χ2n) is 15.6. The van der Waals surface area contributed by atoms with Gasteiger partial charge in [0.15, 0.2) is 12.5 Å². The van der Waals surface area contributed by atoms with Gasteiger partial charge < -0.3 is 9.47 Å². The fourth-order valence-corrected chi connectivity index (χ4v) is 9.23. The van der Waals surface area contributed by atoms with E-state index in [0.29, 0.717) is 0 Å². The van der Waals surface area contributed by atoms with E-state index in [2.05, 4.69) is 193 Å². The lowest BCUT2D eigenvalue weighted by Crippen LogP contribution is -2.43. The van der Waals surface area contributed by atoms with Crippen LogP contribution in [-0.4, -0.2) is 22.1 Å². The number of rotatable bonds is 11. The molecule has 4 atom stereocenters. The van der Waals surface area contributed by atoms with E-state index < -0.39 is 23.7 Å². The number of nitrogens with one attached hydrogen (secondary N) is 2. The summed E-state index contributed by atoms with van der Waals surface area (Å²) >= 11 is 0. The number of ether oxygens (including phenoxy) is 2. The minimum Gasteiger partial charge on any atom is -0.340 e. The summed E-state index contributed by atoms with van der Waals surface area (Å²) in [6, 6.07) is 75.6. The fourth-order valence-electron chi connectivity index (χ4n) is 9.23. The van der Waals surface area contributed by atoms with Crippen molar-refractivity contribution < 1.29 is 9.47 Å². The van der Waals surface area contributed by atoms with Crippen molar-refractivity contribution in [2.45, 2.75) is 48.6 Å². The summed E-state index contributed by atoms with van der Waals surface area (Å²) in [6.45, 7) is 0. The van der Waals surface area contributed by atoms with Crippen LogP contribution in [0, 0.1) is 0 Å². The van der Waals surface area contributed by atoms with Crippen molar-refractivity contribution in [3.63, 3.8) is 0 Å². The first-order valence-electron chi connectivity index (χ1n) is 20.8. The Morgan fingerprint density at radius 1 is 0.350 bits per heavy atom. The molecule has 294 valence electrons. The normalized spacial score (nSPS) is 20.5. The maximum absolute atomic E-state index is 7.33. The van der Waals surface area contributed by atoms with Crippen molar-refractivity contribution in [1.29, 1.82) is 0 Å². The Bertz CT molecular complexity index is 2370. The molecule has 6 aromatic carbocycles. The third kappa shape index (κ3) is 7.14. The Hall–Kier alpha value is -6.54. The standard InChI is InChI=1S/C54H46N4O2/c1-7-21-39(22-8-1)37-49-53(41-25-11-3-12-26-41,42-27-13-4-14-28-42)59-51(57-49)47-35-19-33-45(55-47)46-34-20-36-48(56-46)52-58-50(38-40-23-9-2-10-24-40)54(60-52,43-29-15-5-16-30-43)44-31-17-6-18-32-44/h1-36,49-52,57-58H,37-38H2/t49-,50-,51?,52?/m0/s1. The highest BCUT2D eigenvalue weighted by atomic mass is 16.5. The van der Waals surface area contributed by atoms with Crippen LogP contribution in [0.3, 0.4) is 0 Å². The van der Waals surface area contributed by atoms with E-state index in [1.54, 1.807) is 0 Å². The van der Waals surface area contributed by atoms with Crippen LogP contribution in [0.5, 0.6) is 0 Å². The highest BCUT2D eigenvalue weighted by Gasteiger charge is 2.53. The maximum Gasteiger partial charge on any atom is 0.153 e. The molecule has 2 aliphatic rings. The van der Waals surface area contributed by atoms with Crippen molar-refractivity contribution in [2.75, 3.05) is 0 Å². The number of benzene rings is 6. The third-order valence-electron chi connectivity index (χ3n) is 12.0. The summed E-state index contributed by atoms with van der Waals surface area (Å²) < 4.78 is 14.7. The number of hydrogen-bond donors (Lipinski definition) is 2. The monoisotopic (exact) mass is 782 g/mol.